The second-order valence-corrected chi connectivity index (χ2v) is 5.83. The van der Waals surface area contributed by atoms with E-state index >= 15 is 0 Å². The summed E-state index contributed by atoms with van der Waals surface area (Å²) in [5, 5.41) is 2.94. The molecule has 0 atom stereocenters. The third kappa shape index (κ3) is 3.69. The molecule has 0 saturated heterocycles. The smallest absolute Gasteiger partial charge is 0.268 e. The number of aryl methyl sites for hydroxylation is 1. The lowest BCUT2D eigenvalue weighted by molar-refractivity contribution is 0.0943. The van der Waals surface area contributed by atoms with Crippen molar-refractivity contribution in [3.8, 4) is 22.6 Å². The van der Waals surface area contributed by atoms with E-state index in [1.54, 1.807) is 26.6 Å². The molecule has 6 heteroatoms. The molecule has 134 valence electrons. The Kier molecular flexibility index (Phi) is 5.22. The van der Waals surface area contributed by atoms with Crippen molar-refractivity contribution in [1.29, 1.82) is 0 Å². The third-order valence-electron chi connectivity index (χ3n) is 4.15. The van der Waals surface area contributed by atoms with Gasteiger partial charge in [0.15, 0.2) is 11.5 Å². The maximum absolute atomic E-state index is 12.6. The molecular formula is C20H21N3O3. The number of carbonyl (C=O) groups is 1. The second-order valence-electron chi connectivity index (χ2n) is 5.83. The van der Waals surface area contributed by atoms with E-state index in [0.717, 1.165) is 16.7 Å². The van der Waals surface area contributed by atoms with Crippen LogP contribution in [-0.4, -0.2) is 29.7 Å². The van der Waals surface area contributed by atoms with Gasteiger partial charge >= 0.3 is 0 Å². The van der Waals surface area contributed by atoms with Crippen molar-refractivity contribution in [2.24, 2.45) is 7.05 Å². The molecule has 0 radical (unpaired) electrons. The third-order valence-corrected chi connectivity index (χ3v) is 4.15. The predicted molar refractivity (Wildman–Crippen MR) is 99.4 cm³/mol. The number of hydrogen-bond acceptors (Lipinski definition) is 4. The van der Waals surface area contributed by atoms with Crippen molar-refractivity contribution in [2.75, 3.05) is 14.2 Å². The van der Waals surface area contributed by atoms with E-state index in [0.29, 0.717) is 23.7 Å². The van der Waals surface area contributed by atoms with Crippen molar-refractivity contribution in [2.45, 2.75) is 6.54 Å². The quantitative estimate of drug-likeness (QED) is 0.741. The summed E-state index contributed by atoms with van der Waals surface area (Å²) >= 11 is 0. The summed E-state index contributed by atoms with van der Waals surface area (Å²) in [6, 6.07) is 11.3. The number of nitrogens with one attached hydrogen (secondary N) is 1. The number of amides is 1. The van der Waals surface area contributed by atoms with Crippen LogP contribution in [0.15, 0.2) is 55.0 Å². The van der Waals surface area contributed by atoms with Gasteiger partial charge in [-0.05, 0) is 41.5 Å². The minimum Gasteiger partial charge on any atom is -0.493 e. The van der Waals surface area contributed by atoms with Crippen molar-refractivity contribution in [3.63, 3.8) is 0 Å². The zero-order chi connectivity index (χ0) is 18.5. The summed E-state index contributed by atoms with van der Waals surface area (Å²) in [6.45, 7) is 0.398. The summed E-state index contributed by atoms with van der Waals surface area (Å²) in [4.78, 5) is 16.6. The van der Waals surface area contributed by atoms with Gasteiger partial charge in [0.05, 0.1) is 14.2 Å². The minimum absolute atomic E-state index is 0.136. The molecule has 1 amide bonds. The highest BCUT2D eigenvalue weighted by Gasteiger charge is 2.13. The Morgan fingerprint density at radius 2 is 1.77 bits per heavy atom. The number of ether oxygens (including phenoxy) is 2. The van der Waals surface area contributed by atoms with Crippen molar-refractivity contribution in [3.05, 3.63) is 66.2 Å². The predicted octanol–water partition coefficient (Wildman–Crippen LogP) is 3.03. The van der Waals surface area contributed by atoms with Crippen LogP contribution in [0.25, 0.3) is 11.1 Å². The van der Waals surface area contributed by atoms with Crippen LogP contribution in [0.1, 0.15) is 16.1 Å². The van der Waals surface area contributed by atoms with E-state index < -0.39 is 0 Å². The fraction of sp³-hybridized carbons (Fsp3) is 0.200. The Morgan fingerprint density at radius 1 is 1.04 bits per heavy atom. The second kappa shape index (κ2) is 7.74. The molecule has 26 heavy (non-hydrogen) atoms. The molecular weight excluding hydrogens is 330 g/mol. The highest BCUT2D eigenvalue weighted by molar-refractivity contribution is 5.94. The number of benzene rings is 1. The van der Waals surface area contributed by atoms with Gasteiger partial charge in [0.2, 0.25) is 0 Å². The van der Waals surface area contributed by atoms with Crippen LogP contribution in [0.5, 0.6) is 11.5 Å². The monoisotopic (exact) mass is 351 g/mol. The zero-order valence-electron chi connectivity index (χ0n) is 15.0. The van der Waals surface area contributed by atoms with Gasteiger partial charge in [-0.25, -0.2) is 0 Å². The standard InChI is InChI=1S/C20H21N3O3/c1-23-13-16(15-6-8-21-9-7-15)11-17(23)20(24)22-12-14-4-5-18(25-2)19(10-14)26-3/h4-11,13H,12H2,1-3H3,(H,22,24). The van der Waals surface area contributed by atoms with E-state index in [2.05, 4.69) is 10.3 Å². The fourth-order valence-corrected chi connectivity index (χ4v) is 2.76. The molecule has 1 N–H and O–H groups in total. The summed E-state index contributed by atoms with van der Waals surface area (Å²) in [5.41, 5.74) is 3.53. The van der Waals surface area contributed by atoms with Gasteiger partial charge in [-0.2, -0.15) is 0 Å². The molecule has 2 heterocycles. The molecule has 1 aromatic carbocycles. The summed E-state index contributed by atoms with van der Waals surface area (Å²) in [7, 11) is 5.04. The SMILES string of the molecule is COc1ccc(CNC(=O)c2cc(-c3ccncc3)cn2C)cc1OC. The number of aromatic nitrogens is 2. The molecule has 0 spiro atoms. The van der Waals surface area contributed by atoms with Crippen LogP contribution in [0, 0.1) is 0 Å². The summed E-state index contributed by atoms with van der Waals surface area (Å²) in [5.74, 6) is 1.16. The van der Waals surface area contributed by atoms with Gasteiger partial charge in [0.1, 0.15) is 5.69 Å². The molecule has 0 fully saturated rings. The van der Waals surface area contributed by atoms with E-state index in [4.69, 9.17) is 9.47 Å². The number of methoxy groups -OCH3 is 2. The Hall–Kier alpha value is -3.28. The number of pyridine rings is 1. The van der Waals surface area contributed by atoms with E-state index in [1.165, 1.54) is 0 Å². The van der Waals surface area contributed by atoms with Crippen LogP contribution in [0.2, 0.25) is 0 Å². The van der Waals surface area contributed by atoms with Gasteiger partial charge in [-0.3, -0.25) is 9.78 Å². The molecule has 0 bridgehead atoms. The summed E-state index contributed by atoms with van der Waals surface area (Å²) < 4.78 is 12.3. The maximum Gasteiger partial charge on any atom is 0.268 e. The Morgan fingerprint density at radius 3 is 2.46 bits per heavy atom. The lowest BCUT2D eigenvalue weighted by atomic mass is 10.1. The lowest BCUT2D eigenvalue weighted by Crippen LogP contribution is -2.24. The van der Waals surface area contributed by atoms with Crippen LogP contribution in [-0.2, 0) is 13.6 Å². The average Bonchev–Trinajstić information content (AvgIpc) is 3.08. The summed E-state index contributed by atoms with van der Waals surface area (Å²) in [6.07, 6.45) is 5.40. The molecule has 2 aromatic heterocycles. The normalized spacial score (nSPS) is 10.4. The van der Waals surface area contributed by atoms with Crippen LogP contribution < -0.4 is 14.8 Å². The largest absolute Gasteiger partial charge is 0.493 e. The maximum atomic E-state index is 12.6. The van der Waals surface area contributed by atoms with E-state index in [1.807, 2.05) is 54.2 Å². The fourth-order valence-electron chi connectivity index (χ4n) is 2.76. The van der Waals surface area contributed by atoms with Crippen LogP contribution in [0.4, 0.5) is 0 Å². The number of carbonyl (C=O) groups excluding carboxylic acids is 1. The van der Waals surface area contributed by atoms with Gasteiger partial charge in [0, 0.05) is 37.7 Å². The molecule has 0 saturated carbocycles. The lowest BCUT2D eigenvalue weighted by Gasteiger charge is -2.10. The first kappa shape index (κ1) is 17.5. The zero-order valence-corrected chi connectivity index (χ0v) is 15.0. The molecule has 3 rings (SSSR count). The average molecular weight is 351 g/mol. The van der Waals surface area contributed by atoms with Crippen LogP contribution in [0.3, 0.4) is 0 Å². The molecule has 0 aliphatic heterocycles. The van der Waals surface area contributed by atoms with Gasteiger partial charge in [-0.1, -0.05) is 6.07 Å². The first-order chi connectivity index (χ1) is 12.6. The van der Waals surface area contributed by atoms with E-state index in [-0.39, 0.29) is 5.91 Å². The molecule has 0 aliphatic carbocycles. The molecule has 6 nitrogen and oxygen atoms in total. The van der Waals surface area contributed by atoms with Gasteiger partial charge in [0.25, 0.3) is 5.91 Å². The highest BCUT2D eigenvalue weighted by atomic mass is 16.5. The van der Waals surface area contributed by atoms with Crippen molar-refractivity contribution < 1.29 is 14.3 Å². The topological polar surface area (TPSA) is 65.4 Å². The highest BCUT2D eigenvalue weighted by Crippen LogP contribution is 2.27. The Labute approximate surface area is 152 Å². The Balaban J connectivity index is 1.72. The van der Waals surface area contributed by atoms with E-state index in [9.17, 15) is 4.79 Å². The van der Waals surface area contributed by atoms with Crippen LogP contribution >= 0.6 is 0 Å². The molecule has 0 unspecified atom stereocenters. The first-order valence-corrected chi connectivity index (χ1v) is 8.18. The number of rotatable bonds is 6. The van der Waals surface area contributed by atoms with Gasteiger partial charge < -0.3 is 19.4 Å². The van der Waals surface area contributed by atoms with Crippen molar-refractivity contribution >= 4 is 5.91 Å². The van der Waals surface area contributed by atoms with Gasteiger partial charge in [-0.15, -0.1) is 0 Å². The number of hydrogen-bond donors (Lipinski definition) is 1. The molecule has 0 aliphatic rings. The number of nitrogens with zero attached hydrogens (tertiary/aromatic N) is 2. The molecule has 3 aromatic rings. The first-order valence-electron chi connectivity index (χ1n) is 8.18. The minimum atomic E-state index is -0.136. The Bertz CT molecular complexity index is 904. The van der Waals surface area contributed by atoms with Crippen molar-refractivity contribution in [1.82, 2.24) is 14.9 Å².